The van der Waals surface area contributed by atoms with E-state index in [0.717, 1.165) is 0 Å². The van der Waals surface area contributed by atoms with Gasteiger partial charge in [0.15, 0.2) is 0 Å². The molecule has 3 atom stereocenters. The fourth-order valence-corrected chi connectivity index (χ4v) is 3.48. The Hall–Kier alpha value is -2.64. The van der Waals surface area contributed by atoms with Crippen molar-refractivity contribution < 1.29 is 18.8 Å². The standard InChI is InChI=1S/C18H23FN4O3/c1-10(2)7-14-17(25)23-9-13(8-15(23)16(24)22-14)21-18(26)20-12-5-3-11(19)4-6-12/h3-6,10,13-15H,7-9H2,1-2H3,(H,22,24)(H2,20,21,26)/t13-,14-,15-/m0/s1. The van der Waals surface area contributed by atoms with Crippen LogP contribution in [0.15, 0.2) is 24.3 Å². The van der Waals surface area contributed by atoms with Crippen molar-refractivity contribution in [1.29, 1.82) is 0 Å². The maximum Gasteiger partial charge on any atom is 0.319 e. The molecule has 0 saturated carbocycles. The van der Waals surface area contributed by atoms with E-state index in [9.17, 15) is 18.8 Å². The first-order valence-corrected chi connectivity index (χ1v) is 8.77. The maximum absolute atomic E-state index is 12.9. The Balaban J connectivity index is 1.58. The van der Waals surface area contributed by atoms with Gasteiger partial charge in [-0.2, -0.15) is 0 Å². The first-order chi connectivity index (χ1) is 12.3. The smallest absolute Gasteiger partial charge is 0.319 e. The van der Waals surface area contributed by atoms with E-state index in [1.807, 2.05) is 13.8 Å². The number of rotatable bonds is 4. The van der Waals surface area contributed by atoms with Gasteiger partial charge >= 0.3 is 6.03 Å². The number of benzene rings is 1. The van der Waals surface area contributed by atoms with Gasteiger partial charge in [-0.1, -0.05) is 13.8 Å². The molecule has 140 valence electrons. The number of anilines is 1. The molecule has 2 fully saturated rings. The summed E-state index contributed by atoms with van der Waals surface area (Å²) in [5.74, 6) is -0.354. The SMILES string of the molecule is CC(C)C[C@@H]1NC(=O)[C@@H]2C[C@H](NC(=O)Nc3ccc(F)cc3)CN2C1=O. The predicted molar refractivity (Wildman–Crippen MR) is 93.8 cm³/mol. The number of nitrogens with one attached hydrogen (secondary N) is 3. The number of fused-ring (bicyclic) bond motifs is 1. The molecule has 8 heteroatoms. The van der Waals surface area contributed by atoms with Gasteiger partial charge in [-0.25, -0.2) is 9.18 Å². The zero-order chi connectivity index (χ0) is 18.8. The topological polar surface area (TPSA) is 90.5 Å². The van der Waals surface area contributed by atoms with Crippen LogP contribution in [0.2, 0.25) is 0 Å². The number of carbonyl (C=O) groups is 3. The molecule has 7 nitrogen and oxygen atoms in total. The zero-order valence-corrected chi connectivity index (χ0v) is 14.8. The monoisotopic (exact) mass is 362 g/mol. The highest BCUT2D eigenvalue weighted by Crippen LogP contribution is 2.24. The van der Waals surface area contributed by atoms with Crippen molar-refractivity contribution in [3.8, 4) is 0 Å². The molecule has 1 aromatic rings. The molecule has 2 heterocycles. The van der Waals surface area contributed by atoms with Gasteiger partial charge in [0.1, 0.15) is 17.9 Å². The third kappa shape index (κ3) is 3.95. The van der Waals surface area contributed by atoms with Crippen molar-refractivity contribution in [2.75, 3.05) is 11.9 Å². The highest BCUT2D eigenvalue weighted by Gasteiger charge is 2.46. The molecule has 0 aromatic heterocycles. The van der Waals surface area contributed by atoms with Crippen LogP contribution >= 0.6 is 0 Å². The summed E-state index contributed by atoms with van der Waals surface area (Å²) < 4.78 is 12.9. The zero-order valence-electron chi connectivity index (χ0n) is 14.8. The molecular weight excluding hydrogens is 339 g/mol. The number of hydrogen-bond donors (Lipinski definition) is 3. The Morgan fingerprint density at radius 2 is 2.00 bits per heavy atom. The van der Waals surface area contributed by atoms with Crippen LogP contribution in [0.4, 0.5) is 14.9 Å². The molecule has 0 bridgehead atoms. The number of halogens is 1. The quantitative estimate of drug-likeness (QED) is 0.757. The molecule has 0 radical (unpaired) electrons. The number of amides is 4. The summed E-state index contributed by atoms with van der Waals surface area (Å²) in [4.78, 5) is 38.6. The lowest BCUT2D eigenvalue weighted by atomic mass is 9.99. The van der Waals surface area contributed by atoms with E-state index in [1.54, 1.807) is 4.90 Å². The average molecular weight is 362 g/mol. The van der Waals surface area contributed by atoms with Crippen LogP contribution in [0.5, 0.6) is 0 Å². The molecule has 0 unspecified atom stereocenters. The predicted octanol–water partition coefficient (Wildman–Crippen LogP) is 1.46. The van der Waals surface area contributed by atoms with E-state index in [4.69, 9.17) is 0 Å². The lowest BCUT2D eigenvalue weighted by Crippen LogP contribution is -2.61. The van der Waals surface area contributed by atoms with Gasteiger partial charge in [0.25, 0.3) is 0 Å². The number of urea groups is 1. The molecular formula is C18H23FN4O3. The normalized spacial score (nSPS) is 25.1. The summed E-state index contributed by atoms with van der Waals surface area (Å²) in [5, 5.41) is 8.19. The van der Waals surface area contributed by atoms with Crippen LogP contribution in [0.25, 0.3) is 0 Å². The van der Waals surface area contributed by atoms with Gasteiger partial charge in [-0.05, 0) is 43.0 Å². The Morgan fingerprint density at radius 3 is 2.65 bits per heavy atom. The van der Waals surface area contributed by atoms with Gasteiger partial charge < -0.3 is 20.9 Å². The van der Waals surface area contributed by atoms with Crippen molar-refractivity contribution in [3.63, 3.8) is 0 Å². The van der Waals surface area contributed by atoms with Gasteiger partial charge in [-0.3, -0.25) is 9.59 Å². The molecule has 3 rings (SSSR count). The van der Waals surface area contributed by atoms with Crippen molar-refractivity contribution in [1.82, 2.24) is 15.5 Å². The molecule has 3 N–H and O–H groups in total. The lowest BCUT2D eigenvalue weighted by molar-refractivity contribution is -0.147. The van der Waals surface area contributed by atoms with Crippen LogP contribution in [-0.2, 0) is 9.59 Å². The molecule has 4 amide bonds. The summed E-state index contributed by atoms with van der Waals surface area (Å²) in [6, 6.07) is 3.63. The fraction of sp³-hybridized carbons (Fsp3) is 0.500. The van der Waals surface area contributed by atoms with Gasteiger partial charge in [0.05, 0.1) is 6.04 Å². The Kier molecular flexibility index (Phi) is 5.11. The second-order valence-corrected chi connectivity index (χ2v) is 7.24. The van der Waals surface area contributed by atoms with Crippen LogP contribution in [0, 0.1) is 11.7 Å². The molecule has 2 aliphatic heterocycles. The van der Waals surface area contributed by atoms with Gasteiger partial charge in [-0.15, -0.1) is 0 Å². The number of carbonyl (C=O) groups excluding carboxylic acids is 3. The molecule has 0 aliphatic carbocycles. The maximum atomic E-state index is 12.9. The first kappa shape index (κ1) is 18.2. The van der Waals surface area contributed by atoms with E-state index >= 15 is 0 Å². The van der Waals surface area contributed by atoms with E-state index in [2.05, 4.69) is 16.0 Å². The van der Waals surface area contributed by atoms with Gasteiger partial charge in [0, 0.05) is 12.2 Å². The van der Waals surface area contributed by atoms with Crippen LogP contribution in [0.3, 0.4) is 0 Å². The highest BCUT2D eigenvalue weighted by molar-refractivity contribution is 5.98. The van der Waals surface area contributed by atoms with Crippen LogP contribution in [-0.4, -0.2) is 47.4 Å². The molecule has 2 saturated heterocycles. The second-order valence-electron chi connectivity index (χ2n) is 7.24. The van der Waals surface area contributed by atoms with E-state index < -0.39 is 18.1 Å². The Labute approximate surface area is 151 Å². The Morgan fingerprint density at radius 1 is 1.31 bits per heavy atom. The largest absolute Gasteiger partial charge is 0.342 e. The van der Waals surface area contributed by atoms with Crippen molar-refractivity contribution in [2.24, 2.45) is 5.92 Å². The van der Waals surface area contributed by atoms with Crippen LogP contribution in [0.1, 0.15) is 26.7 Å². The third-order valence-electron chi connectivity index (χ3n) is 4.65. The average Bonchev–Trinajstić information content (AvgIpc) is 2.98. The summed E-state index contributed by atoms with van der Waals surface area (Å²) >= 11 is 0. The van der Waals surface area contributed by atoms with E-state index in [-0.39, 0.29) is 23.7 Å². The third-order valence-corrected chi connectivity index (χ3v) is 4.65. The second kappa shape index (κ2) is 7.31. The first-order valence-electron chi connectivity index (χ1n) is 8.77. The van der Waals surface area contributed by atoms with Crippen molar-refractivity contribution in [3.05, 3.63) is 30.1 Å². The molecule has 2 aliphatic rings. The highest BCUT2D eigenvalue weighted by atomic mass is 19.1. The van der Waals surface area contributed by atoms with Crippen LogP contribution < -0.4 is 16.0 Å². The minimum atomic E-state index is -0.540. The lowest BCUT2D eigenvalue weighted by Gasteiger charge is -2.35. The van der Waals surface area contributed by atoms with Crippen molar-refractivity contribution in [2.45, 2.75) is 44.8 Å². The number of hydrogen-bond acceptors (Lipinski definition) is 3. The fourth-order valence-electron chi connectivity index (χ4n) is 3.48. The minimum absolute atomic E-state index is 0.0912. The van der Waals surface area contributed by atoms with E-state index in [0.29, 0.717) is 31.0 Å². The van der Waals surface area contributed by atoms with Crippen molar-refractivity contribution >= 4 is 23.5 Å². The number of piperazine rings is 1. The Bertz CT molecular complexity index is 707. The summed E-state index contributed by atoms with van der Waals surface area (Å²) in [6.45, 7) is 4.31. The summed E-state index contributed by atoms with van der Waals surface area (Å²) in [6.07, 6.45) is 0.972. The number of nitrogens with zero attached hydrogens (tertiary/aromatic N) is 1. The molecule has 0 spiro atoms. The summed E-state index contributed by atoms with van der Waals surface area (Å²) in [5.41, 5.74) is 0.463. The minimum Gasteiger partial charge on any atom is -0.342 e. The molecule has 26 heavy (non-hydrogen) atoms. The van der Waals surface area contributed by atoms with Gasteiger partial charge in [0.2, 0.25) is 11.8 Å². The molecule has 1 aromatic carbocycles. The van der Waals surface area contributed by atoms with E-state index in [1.165, 1.54) is 24.3 Å². The summed E-state index contributed by atoms with van der Waals surface area (Å²) in [7, 11) is 0.